The van der Waals surface area contributed by atoms with Crippen LogP contribution in [0.5, 0.6) is 0 Å². The number of anilines is 1. The lowest BCUT2D eigenvalue weighted by atomic mass is 10.1. The summed E-state index contributed by atoms with van der Waals surface area (Å²) in [6, 6.07) is 4.92. The first-order valence-corrected chi connectivity index (χ1v) is 6.54. The van der Waals surface area contributed by atoms with Gasteiger partial charge in [-0.15, -0.1) is 0 Å². The summed E-state index contributed by atoms with van der Waals surface area (Å²) in [5, 5.41) is 13.9. The molecule has 1 heterocycles. The minimum Gasteiger partial charge on any atom is -0.380 e. The van der Waals surface area contributed by atoms with Crippen LogP contribution in [0.1, 0.15) is 12.5 Å². The van der Waals surface area contributed by atoms with Gasteiger partial charge in [-0.2, -0.15) is 0 Å². The summed E-state index contributed by atoms with van der Waals surface area (Å²) in [4.78, 5) is 25.8. The number of carbonyl (C=O) groups excluding carboxylic acids is 1. The Hall–Kier alpha value is -2.31. The SMILES string of the molecule is CCNc1cc(CN2CCN(C)C2=O)ccc1[N+](=O)[O-]. The zero-order chi connectivity index (χ0) is 14.7. The van der Waals surface area contributed by atoms with Gasteiger partial charge >= 0.3 is 6.03 Å². The van der Waals surface area contributed by atoms with Crippen LogP contribution < -0.4 is 5.32 Å². The first-order chi connectivity index (χ1) is 9.52. The molecule has 108 valence electrons. The average Bonchev–Trinajstić information content (AvgIpc) is 2.71. The maximum atomic E-state index is 11.8. The average molecular weight is 278 g/mol. The van der Waals surface area contributed by atoms with Crippen molar-refractivity contribution < 1.29 is 9.72 Å². The number of carbonyl (C=O) groups is 1. The van der Waals surface area contributed by atoms with E-state index < -0.39 is 4.92 Å². The van der Waals surface area contributed by atoms with Crippen LogP contribution in [0.15, 0.2) is 18.2 Å². The Morgan fingerprint density at radius 1 is 1.40 bits per heavy atom. The Morgan fingerprint density at radius 2 is 2.15 bits per heavy atom. The highest BCUT2D eigenvalue weighted by atomic mass is 16.6. The minimum atomic E-state index is -0.406. The predicted octanol–water partition coefficient (Wildman–Crippen LogP) is 1.89. The molecule has 1 aromatic rings. The Balaban J connectivity index is 2.19. The molecule has 1 aliphatic heterocycles. The third-order valence-electron chi connectivity index (χ3n) is 3.30. The molecule has 7 nitrogen and oxygen atoms in total. The van der Waals surface area contributed by atoms with Gasteiger partial charge in [0.05, 0.1) is 4.92 Å². The molecule has 1 aromatic carbocycles. The van der Waals surface area contributed by atoms with E-state index in [-0.39, 0.29) is 11.7 Å². The molecule has 0 saturated carbocycles. The van der Waals surface area contributed by atoms with E-state index >= 15 is 0 Å². The Labute approximate surface area is 117 Å². The number of hydrogen-bond donors (Lipinski definition) is 1. The van der Waals surface area contributed by atoms with Gasteiger partial charge in [0, 0.05) is 39.3 Å². The summed E-state index contributed by atoms with van der Waals surface area (Å²) >= 11 is 0. The molecule has 0 unspecified atom stereocenters. The van der Waals surface area contributed by atoms with Crippen molar-refractivity contribution in [3.63, 3.8) is 0 Å². The van der Waals surface area contributed by atoms with Crippen molar-refractivity contribution in [2.45, 2.75) is 13.5 Å². The Bertz CT molecular complexity index is 532. The Kier molecular flexibility index (Phi) is 4.07. The number of rotatable bonds is 5. The van der Waals surface area contributed by atoms with Gasteiger partial charge in [0.25, 0.3) is 5.69 Å². The van der Waals surface area contributed by atoms with Crippen molar-refractivity contribution in [2.24, 2.45) is 0 Å². The lowest BCUT2D eigenvalue weighted by Gasteiger charge is -2.16. The summed E-state index contributed by atoms with van der Waals surface area (Å²) in [6.07, 6.45) is 0. The number of urea groups is 1. The smallest absolute Gasteiger partial charge is 0.320 e. The summed E-state index contributed by atoms with van der Waals surface area (Å²) in [5.41, 5.74) is 1.44. The highest BCUT2D eigenvalue weighted by molar-refractivity contribution is 5.76. The van der Waals surface area contributed by atoms with E-state index in [1.165, 1.54) is 6.07 Å². The van der Waals surface area contributed by atoms with Crippen molar-refractivity contribution in [1.82, 2.24) is 9.80 Å². The molecular weight excluding hydrogens is 260 g/mol. The molecule has 1 saturated heterocycles. The van der Waals surface area contributed by atoms with Crippen LogP contribution in [-0.2, 0) is 6.54 Å². The lowest BCUT2D eigenvalue weighted by Crippen LogP contribution is -2.28. The molecule has 20 heavy (non-hydrogen) atoms. The predicted molar refractivity (Wildman–Crippen MR) is 75.7 cm³/mol. The van der Waals surface area contributed by atoms with Crippen LogP contribution in [0.3, 0.4) is 0 Å². The van der Waals surface area contributed by atoms with Gasteiger partial charge in [0.15, 0.2) is 0 Å². The van der Waals surface area contributed by atoms with E-state index in [1.54, 1.807) is 29.0 Å². The maximum absolute atomic E-state index is 11.8. The highest BCUT2D eigenvalue weighted by Crippen LogP contribution is 2.26. The van der Waals surface area contributed by atoms with Crippen LogP contribution in [0.25, 0.3) is 0 Å². The third kappa shape index (κ3) is 2.81. The topological polar surface area (TPSA) is 78.7 Å². The molecule has 2 amide bonds. The van der Waals surface area contributed by atoms with Crippen molar-refractivity contribution in [3.05, 3.63) is 33.9 Å². The molecular formula is C13H18N4O3. The van der Waals surface area contributed by atoms with Crippen LogP contribution >= 0.6 is 0 Å². The monoisotopic (exact) mass is 278 g/mol. The molecule has 0 aliphatic carbocycles. The molecule has 0 spiro atoms. The van der Waals surface area contributed by atoms with E-state index in [9.17, 15) is 14.9 Å². The van der Waals surface area contributed by atoms with Gasteiger partial charge in [-0.25, -0.2) is 4.79 Å². The van der Waals surface area contributed by atoms with Crippen molar-refractivity contribution in [3.8, 4) is 0 Å². The molecule has 1 fully saturated rings. The number of nitrogens with one attached hydrogen (secondary N) is 1. The number of likely N-dealkylation sites (N-methyl/N-ethyl adjacent to an activating group) is 1. The van der Waals surface area contributed by atoms with E-state index in [2.05, 4.69) is 5.32 Å². The van der Waals surface area contributed by atoms with E-state index in [1.807, 2.05) is 6.92 Å². The number of nitro benzene ring substituents is 1. The zero-order valence-electron chi connectivity index (χ0n) is 11.6. The standard InChI is InChI=1S/C13H18N4O3/c1-3-14-11-8-10(4-5-12(11)17(19)20)9-16-7-6-15(2)13(16)18/h4-5,8,14H,3,6-7,9H2,1-2H3. The van der Waals surface area contributed by atoms with Gasteiger partial charge < -0.3 is 15.1 Å². The van der Waals surface area contributed by atoms with Crippen molar-refractivity contribution >= 4 is 17.4 Å². The largest absolute Gasteiger partial charge is 0.380 e. The summed E-state index contributed by atoms with van der Waals surface area (Å²) in [6.45, 7) is 4.36. The summed E-state index contributed by atoms with van der Waals surface area (Å²) < 4.78 is 0. The maximum Gasteiger partial charge on any atom is 0.320 e. The van der Waals surface area contributed by atoms with Crippen LogP contribution in [-0.4, -0.2) is 47.4 Å². The minimum absolute atomic E-state index is 0.00615. The fourth-order valence-electron chi connectivity index (χ4n) is 2.24. The van der Waals surface area contributed by atoms with Crippen LogP contribution in [0.4, 0.5) is 16.2 Å². The van der Waals surface area contributed by atoms with Gasteiger partial charge in [0.2, 0.25) is 0 Å². The molecule has 1 aliphatic rings. The molecule has 2 rings (SSSR count). The second-order valence-corrected chi connectivity index (χ2v) is 4.76. The quantitative estimate of drug-likeness (QED) is 0.659. The number of nitrogens with zero attached hydrogens (tertiary/aromatic N) is 3. The second-order valence-electron chi connectivity index (χ2n) is 4.76. The molecule has 0 atom stereocenters. The van der Waals surface area contributed by atoms with Crippen LogP contribution in [0, 0.1) is 10.1 Å². The van der Waals surface area contributed by atoms with Gasteiger partial charge in [-0.1, -0.05) is 6.07 Å². The van der Waals surface area contributed by atoms with E-state index in [0.29, 0.717) is 31.9 Å². The molecule has 0 aromatic heterocycles. The van der Waals surface area contributed by atoms with Crippen LogP contribution in [0.2, 0.25) is 0 Å². The van der Waals surface area contributed by atoms with E-state index in [4.69, 9.17) is 0 Å². The van der Waals surface area contributed by atoms with E-state index in [0.717, 1.165) is 5.56 Å². The fourth-order valence-corrected chi connectivity index (χ4v) is 2.24. The molecule has 1 N–H and O–H groups in total. The Morgan fingerprint density at radius 3 is 2.70 bits per heavy atom. The fraction of sp³-hybridized carbons (Fsp3) is 0.462. The number of amides is 2. The second kappa shape index (κ2) is 5.77. The van der Waals surface area contributed by atoms with Gasteiger partial charge in [0.1, 0.15) is 5.69 Å². The first kappa shape index (κ1) is 14.1. The number of hydrogen-bond acceptors (Lipinski definition) is 4. The first-order valence-electron chi connectivity index (χ1n) is 6.54. The van der Waals surface area contributed by atoms with Crippen molar-refractivity contribution in [1.29, 1.82) is 0 Å². The number of nitro groups is 1. The lowest BCUT2D eigenvalue weighted by molar-refractivity contribution is -0.384. The highest BCUT2D eigenvalue weighted by Gasteiger charge is 2.25. The molecule has 0 bridgehead atoms. The normalized spacial score (nSPS) is 14.8. The zero-order valence-corrected chi connectivity index (χ0v) is 11.6. The van der Waals surface area contributed by atoms with Crippen molar-refractivity contribution in [2.75, 3.05) is 32.0 Å². The van der Waals surface area contributed by atoms with Gasteiger partial charge in [-0.05, 0) is 18.6 Å². The molecule has 0 radical (unpaired) electrons. The summed E-state index contributed by atoms with van der Waals surface area (Å²) in [7, 11) is 1.77. The third-order valence-corrected chi connectivity index (χ3v) is 3.30. The van der Waals surface area contributed by atoms with Gasteiger partial charge in [-0.3, -0.25) is 10.1 Å². The number of benzene rings is 1. The molecule has 7 heteroatoms. The summed E-state index contributed by atoms with van der Waals surface area (Å²) in [5.74, 6) is 0.